The van der Waals surface area contributed by atoms with Gasteiger partial charge < -0.3 is 4.74 Å². The van der Waals surface area contributed by atoms with E-state index < -0.39 is 16.2 Å². The Morgan fingerprint density at radius 1 is 1.19 bits per heavy atom. The first-order valence-corrected chi connectivity index (χ1v) is 8.42. The fourth-order valence-electron chi connectivity index (χ4n) is 3.33. The smallest absolute Gasteiger partial charge is 0.309 e. The number of hydrogen-bond acceptors (Lipinski definition) is 5. The van der Waals surface area contributed by atoms with Gasteiger partial charge in [-0.1, -0.05) is 17.7 Å². The first kappa shape index (κ1) is 14.5. The molecule has 0 heterocycles. The molecule has 0 unspecified atom stereocenters. The lowest BCUT2D eigenvalue weighted by Crippen LogP contribution is -2.22. The predicted molar refractivity (Wildman–Crippen MR) is 75.0 cm³/mol. The lowest BCUT2D eigenvalue weighted by molar-refractivity contribution is -0.143. The van der Waals surface area contributed by atoms with Crippen LogP contribution in [0, 0.1) is 24.7 Å². The lowest BCUT2D eigenvalue weighted by atomic mass is 10.1. The molecule has 21 heavy (non-hydrogen) atoms. The Hall–Kier alpha value is -1.40. The second kappa shape index (κ2) is 5.10. The molecule has 0 radical (unpaired) electrons. The average Bonchev–Trinajstić information content (AvgIpc) is 3.05. The summed E-state index contributed by atoms with van der Waals surface area (Å²) in [7, 11) is -2.42. The zero-order valence-corrected chi connectivity index (χ0v) is 12.8. The molecular weight excluding hydrogens is 292 g/mol. The summed E-state index contributed by atoms with van der Waals surface area (Å²) in [6.45, 7) is 1.89. The van der Waals surface area contributed by atoms with Gasteiger partial charge >= 0.3 is 5.97 Å². The minimum absolute atomic E-state index is 0.0160. The van der Waals surface area contributed by atoms with Gasteiger partial charge in [-0.25, -0.2) is 0 Å². The molecule has 4 atom stereocenters. The van der Waals surface area contributed by atoms with Crippen molar-refractivity contribution >= 4 is 16.1 Å². The molecule has 2 aliphatic rings. The van der Waals surface area contributed by atoms with Crippen molar-refractivity contribution in [1.82, 2.24) is 0 Å². The number of ether oxygens (including phenoxy) is 1. The molecular formula is C15H18O5S. The van der Waals surface area contributed by atoms with E-state index >= 15 is 0 Å². The van der Waals surface area contributed by atoms with Crippen LogP contribution < -0.4 is 0 Å². The third-order valence-corrected chi connectivity index (χ3v) is 5.83. The molecule has 0 N–H and O–H groups in total. The Bertz CT molecular complexity index is 649. The Labute approximate surface area is 124 Å². The van der Waals surface area contributed by atoms with Gasteiger partial charge in [-0.05, 0) is 37.8 Å². The summed E-state index contributed by atoms with van der Waals surface area (Å²) in [5.41, 5.74) is 0.989. The Kier molecular flexibility index (Phi) is 3.53. The third kappa shape index (κ3) is 2.58. The monoisotopic (exact) mass is 310 g/mol. The van der Waals surface area contributed by atoms with Gasteiger partial charge in [0.05, 0.1) is 24.0 Å². The van der Waals surface area contributed by atoms with Crippen LogP contribution in [-0.2, 0) is 23.8 Å². The van der Waals surface area contributed by atoms with Crippen molar-refractivity contribution in [3.05, 3.63) is 29.8 Å². The highest BCUT2D eigenvalue weighted by atomic mass is 32.2. The summed E-state index contributed by atoms with van der Waals surface area (Å²) in [5, 5.41) is 0. The van der Waals surface area contributed by atoms with Crippen LogP contribution in [0.25, 0.3) is 0 Å². The highest BCUT2D eigenvalue weighted by Gasteiger charge is 2.63. The topological polar surface area (TPSA) is 69.7 Å². The zero-order valence-electron chi connectivity index (χ0n) is 12.0. The number of rotatable bonds is 4. The summed E-state index contributed by atoms with van der Waals surface area (Å²) >= 11 is 0. The molecule has 2 saturated carbocycles. The van der Waals surface area contributed by atoms with E-state index in [0.717, 1.165) is 12.0 Å². The molecule has 0 spiro atoms. The van der Waals surface area contributed by atoms with Crippen molar-refractivity contribution in [3.8, 4) is 0 Å². The highest BCUT2D eigenvalue weighted by molar-refractivity contribution is 7.86. The normalized spacial score (nSPS) is 30.8. The minimum atomic E-state index is -3.77. The summed E-state index contributed by atoms with van der Waals surface area (Å²) in [6, 6.07) is 6.56. The van der Waals surface area contributed by atoms with Crippen LogP contribution in [0.3, 0.4) is 0 Å². The maximum atomic E-state index is 12.3. The molecule has 0 bridgehead atoms. The number of aryl methyl sites for hydroxylation is 1. The molecule has 0 aliphatic heterocycles. The van der Waals surface area contributed by atoms with Crippen molar-refractivity contribution in [2.45, 2.75) is 30.8 Å². The van der Waals surface area contributed by atoms with E-state index in [1.165, 1.54) is 7.11 Å². The number of fused-ring (bicyclic) bond motifs is 1. The van der Waals surface area contributed by atoms with Gasteiger partial charge in [-0.3, -0.25) is 8.98 Å². The van der Waals surface area contributed by atoms with Crippen LogP contribution in [0.5, 0.6) is 0 Å². The van der Waals surface area contributed by atoms with E-state index in [1.807, 2.05) is 6.92 Å². The minimum Gasteiger partial charge on any atom is -0.469 e. The maximum Gasteiger partial charge on any atom is 0.309 e. The molecule has 1 aromatic rings. The van der Waals surface area contributed by atoms with Gasteiger partial charge in [0.1, 0.15) is 0 Å². The van der Waals surface area contributed by atoms with Crippen LogP contribution in [0.2, 0.25) is 0 Å². The number of esters is 1. The van der Waals surface area contributed by atoms with Crippen LogP contribution in [0.4, 0.5) is 0 Å². The van der Waals surface area contributed by atoms with Crippen molar-refractivity contribution < 1.29 is 22.1 Å². The van der Waals surface area contributed by atoms with Crippen molar-refractivity contribution in [2.75, 3.05) is 7.11 Å². The molecule has 1 aromatic carbocycles. The van der Waals surface area contributed by atoms with E-state index in [0.29, 0.717) is 6.42 Å². The molecule has 3 rings (SSSR count). The van der Waals surface area contributed by atoms with Gasteiger partial charge in [0.25, 0.3) is 10.1 Å². The summed E-state index contributed by atoms with van der Waals surface area (Å²) in [5.74, 6) is -0.249. The maximum absolute atomic E-state index is 12.3. The SMILES string of the molecule is COC(=O)[C@@H]1[C@H]2CC[C@H](OS(=O)(=O)c3ccc(C)cc3)[C@H]21. The fraction of sp³-hybridized carbons (Fsp3) is 0.533. The van der Waals surface area contributed by atoms with Gasteiger partial charge in [0, 0.05) is 5.92 Å². The van der Waals surface area contributed by atoms with E-state index in [9.17, 15) is 13.2 Å². The van der Waals surface area contributed by atoms with E-state index in [-0.39, 0.29) is 28.6 Å². The lowest BCUT2D eigenvalue weighted by Gasteiger charge is -2.15. The van der Waals surface area contributed by atoms with E-state index in [1.54, 1.807) is 24.3 Å². The van der Waals surface area contributed by atoms with Crippen LogP contribution >= 0.6 is 0 Å². The molecule has 5 nitrogen and oxygen atoms in total. The third-order valence-electron chi connectivity index (χ3n) is 4.48. The molecule has 114 valence electrons. The summed E-state index contributed by atoms with van der Waals surface area (Å²) in [6.07, 6.45) is 1.08. The molecule has 0 aromatic heterocycles. The second-order valence-electron chi connectivity index (χ2n) is 5.77. The highest BCUT2D eigenvalue weighted by Crippen LogP contribution is 2.59. The van der Waals surface area contributed by atoms with E-state index in [2.05, 4.69) is 0 Å². The van der Waals surface area contributed by atoms with Crippen molar-refractivity contribution in [3.63, 3.8) is 0 Å². The quantitative estimate of drug-likeness (QED) is 0.627. The fourth-order valence-corrected chi connectivity index (χ4v) is 4.46. The van der Waals surface area contributed by atoms with Gasteiger partial charge in [0.15, 0.2) is 0 Å². The number of carbonyl (C=O) groups excluding carboxylic acids is 1. The number of hydrogen-bond donors (Lipinski definition) is 0. The van der Waals surface area contributed by atoms with Crippen LogP contribution in [0.1, 0.15) is 18.4 Å². The zero-order chi connectivity index (χ0) is 15.2. The van der Waals surface area contributed by atoms with Crippen LogP contribution in [0.15, 0.2) is 29.2 Å². The van der Waals surface area contributed by atoms with Crippen molar-refractivity contribution in [2.24, 2.45) is 17.8 Å². The molecule has 0 amide bonds. The van der Waals surface area contributed by atoms with Gasteiger partial charge in [-0.2, -0.15) is 8.42 Å². The Morgan fingerprint density at radius 3 is 2.48 bits per heavy atom. The second-order valence-corrected chi connectivity index (χ2v) is 7.34. The largest absolute Gasteiger partial charge is 0.469 e. The number of benzene rings is 1. The summed E-state index contributed by atoms with van der Waals surface area (Å²) in [4.78, 5) is 11.7. The average molecular weight is 310 g/mol. The Morgan fingerprint density at radius 2 is 1.86 bits per heavy atom. The number of carbonyl (C=O) groups is 1. The molecule has 0 saturated heterocycles. The van der Waals surface area contributed by atoms with Gasteiger partial charge in [0.2, 0.25) is 0 Å². The predicted octanol–water partition coefficient (Wildman–Crippen LogP) is 1.90. The van der Waals surface area contributed by atoms with Gasteiger partial charge in [-0.15, -0.1) is 0 Å². The molecule has 2 aliphatic carbocycles. The van der Waals surface area contributed by atoms with Crippen molar-refractivity contribution in [1.29, 1.82) is 0 Å². The first-order valence-electron chi connectivity index (χ1n) is 7.02. The Balaban J connectivity index is 1.72. The van der Waals surface area contributed by atoms with E-state index in [4.69, 9.17) is 8.92 Å². The molecule has 6 heteroatoms. The van der Waals surface area contributed by atoms with Crippen LogP contribution in [-0.4, -0.2) is 27.6 Å². The standard InChI is InChI=1S/C15H18O5S/c1-9-3-5-10(6-4-9)21(17,18)20-12-8-7-11-13(12)14(11)15(16)19-2/h3-6,11-14H,7-8H2,1-2H3/t11-,12-,13-,14+/m0/s1. The molecule has 2 fully saturated rings. The number of methoxy groups -OCH3 is 1. The first-order chi connectivity index (χ1) is 9.94. The summed E-state index contributed by atoms with van der Waals surface area (Å²) < 4.78 is 34.7.